The normalized spacial score (nSPS) is 12.2. The molecule has 1 aromatic carbocycles. The largest absolute Gasteiger partial charge is 0.339 e. The molecule has 0 saturated carbocycles. The zero-order valence-electron chi connectivity index (χ0n) is 10.8. The smallest absolute Gasteiger partial charge is 0.228 e. The minimum Gasteiger partial charge on any atom is -0.339 e. The van der Waals surface area contributed by atoms with E-state index in [1.54, 1.807) is 12.4 Å². The summed E-state index contributed by atoms with van der Waals surface area (Å²) in [4.78, 5) is 8.38. The molecule has 3 rings (SSSR count). The fourth-order valence-electron chi connectivity index (χ4n) is 1.96. The summed E-state index contributed by atoms with van der Waals surface area (Å²) < 4.78 is 5.24. The van der Waals surface area contributed by atoms with E-state index >= 15 is 0 Å². The van der Waals surface area contributed by atoms with E-state index in [9.17, 15) is 0 Å². The van der Waals surface area contributed by atoms with Crippen LogP contribution in [0, 0.1) is 0 Å². The Morgan fingerprint density at radius 1 is 1.10 bits per heavy atom. The molecule has 0 amide bonds. The zero-order valence-corrected chi connectivity index (χ0v) is 10.8. The second-order valence-corrected chi connectivity index (χ2v) is 4.47. The lowest BCUT2D eigenvalue weighted by molar-refractivity contribution is 0.370. The predicted molar refractivity (Wildman–Crippen MR) is 74.6 cm³/mol. The lowest BCUT2D eigenvalue weighted by Gasteiger charge is -2.08. The number of hydrogen-bond acceptors (Lipinski definition) is 5. The van der Waals surface area contributed by atoms with Crippen LogP contribution in [-0.2, 0) is 6.42 Å². The lowest BCUT2D eigenvalue weighted by atomic mass is 10.1. The zero-order chi connectivity index (χ0) is 13.8. The summed E-state index contributed by atoms with van der Waals surface area (Å²) >= 11 is 0. The molecule has 5 heteroatoms. The van der Waals surface area contributed by atoms with E-state index in [0.29, 0.717) is 18.1 Å². The summed E-state index contributed by atoms with van der Waals surface area (Å²) in [5.41, 5.74) is 8.01. The first-order valence-corrected chi connectivity index (χ1v) is 6.36. The van der Waals surface area contributed by atoms with Crippen molar-refractivity contribution < 1.29 is 4.52 Å². The summed E-state index contributed by atoms with van der Waals surface area (Å²) in [6, 6.07) is 13.4. The van der Waals surface area contributed by atoms with Gasteiger partial charge in [0.05, 0.1) is 0 Å². The van der Waals surface area contributed by atoms with Gasteiger partial charge >= 0.3 is 0 Å². The van der Waals surface area contributed by atoms with Crippen LogP contribution >= 0.6 is 0 Å². The van der Waals surface area contributed by atoms with Gasteiger partial charge in [0.1, 0.15) is 0 Å². The summed E-state index contributed by atoms with van der Waals surface area (Å²) in [5, 5.41) is 3.95. The minimum absolute atomic E-state index is 0.154. The van der Waals surface area contributed by atoms with Crippen LogP contribution in [-0.4, -0.2) is 15.1 Å². The van der Waals surface area contributed by atoms with E-state index in [1.807, 2.05) is 42.5 Å². The quantitative estimate of drug-likeness (QED) is 0.784. The van der Waals surface area contributed by atoms with Crippen LogP contribution in [0.1, 0.15) is 17.5 Å². The highest BCUT2D eigenvalue weighted by molar-refractivity contribution is 5.51. The van der Waals surface area contributed by atoms with Crippen molar-refractivity contribution in [2.45, 2.75) is 12.5 Å². The molecule has 0 unspecified atom stereocenters. The Hall–Kier alpha value is -2.53. The highest BCUT2D eigenvalue weighted by atomic mass is 16.5. The molecule has 0 bridgehead atoms. The van der Waals surface area contributed by atoms with E-state index in [1.165, 1.54) is 0 Å². The molecule has 0 fully saturated rings. The topological polar surface area (TPSA) is 77.8 Å². The summed E-state index contributed by atoms with van der Waals surface area (Å²) in [7, 11) is 0. The molecular weight excluding hydrogens is 252 g/mol. The van der Waals surface area contributed by atoms with Gasteiger partial charge in [0.2, 0.25) is 11.7 Å². The van der Waals surface area contributed by atoms with Crippen LogP contribution in [0.3, 0.4) is 0 Å². The van der Waals surface area contributed by atoms with Crippen molar-refractivity contribution >= 4 is 0 Å². The fourth-order valence-corrected chi connectivity index (χ4v) is 1.96. The molecule has 0 aliphatic carbocycles. The lowest BCUT2D eigenvalue weighted by Crippen LogP contribution is -2.13. The average Bonchev–Trinajstić information content (AvgIpc) is 2.97. The van der Waals surface area contributed by atoms with Gasteiger partial charge in [0, 0.05) is 30.4 Å². The van der Waals surface area contributed by atoms with Crippen molar-refractivity contribution in [1.29, 1.82) is 0 Å². The number of rotatable bonds is 4. The Labute approximate surface area is 116 Å². The maximum Gasteiger partial charge on any atom is 0.228 e. The molecule has 0 aliphatic rings. The van der Waals surface area contributed by atoms with Crippen LogP contribution in [0.2, 0.25) is 0 Å². The first kappa shape index (κ1) is 12.5. The van der Waals surface area contributed by atoms with Crippen molar-refractivity contribution in [3.8, 4) is 11.4 Å². The third-order valence-electron chi connectivity index (χ3n) is 3.01. The minimum atomic E-state index is -0.154. The van der Waals surface area contributed by atoms with Crippen molar-refractivity contribution in [3.05, 3.63) is 66.3 Å². The Kier molecular flexibility index (Phi) is 3.52. The molecule has 5 nitrogen and oxygen atoms in total. The van der Waals surface area contributed by atoms with Gasteiger partial charge in [-0.2, -0.15) is 4.98 Å². The molecular formula is C15H14N4O. The molecule has 0 aliphatic heterocycles. The van der Waals surface area contributed by atoms with Gasteiger partial charge < -0.3 is 10.3 Å². The molecule has 1 atom stereocenters. The second-order valence-electron chi connectivity index (χ2n) is 4.47. The van der Waals surface area contributed by atoms with Crippen molar-refractivity contribution in [1.82, 2.24) is 15.1 Å². The van der Waals surface area contributed by atoms with Gasteiger partial charge in [-0.1, -0.05) is 35.5 Å². The fraction of sp³-hybridized carbons (Fsp3) is 0.133. The van der Waals surface area contributed by atoms with Gasteiger partial charge in [-0.05, 0) is 17.7 Å². The van der Waals surface area contributed by atoms with Crippen LogP contribution in [0.4, 0.5) is 0 Å². The number of hydrogen-bond donors (Lipinski definition) is 1. The Morgan fingerprint density at radius 3 is 2.70 bits per heavy atom. The second kappa shape index (κ2) is 5.63. The molecule has 2 N–H and O–H groups in total. The van der Waals surface area contributed by atoms with Gasteiger partial charge in [-0.25, -0.2) is 0 Å². The number of pyridine rings is 1. The van der Waals surface area contributed by atoms with Gasteiger partial charge in [0.15, 0.2) is 0 Å². The molecule has 0 saturated heterocycles. The standard InChI is InChI=1S/C15H14N4O/c16-13(11-5-2-1-3-6-11)9-14-18-15(19-20-14)12-7-4-8-17-10-12/h1-8,10,13H,9,16H2/t13-/m0/s1. The summed E-state index contributed by atoms with van der Waals surface area (Å²) in [6.07, 6.45) is 3.92. The number of aromatic nitrogens is 3. The van der Waals surface area contributed by atoms with Crippen molar-refractivity contribution in [2.75, 3.05) is 0 Å². The maximum atomic E-state index is 6.13. The van der Waals surface area contributed by atoms with E-state index in [4.69, 9.17) is 10.3 Å². The van der Waals surface area contributed by atoms with Crippen molar-refractivity contribution in [3.63, 3.8) is 0 Å². The number of benzene rings is 1. The van der Waals surface area contributed by atoms with Gasteiger partial charge in [-0.15, -0.1) is 0 Å². The molecule has 0 radical (unpaired) electrons. The average molecular weight is 266 g/mol. The SMILES string of the molecule is N[C@@H](Cc1nc(-c2cccnc2)no1)c1ccccc1. The predicted octanol–water partition coefficient (Wildman–Crippen LogP) is 2.37. The third kappa shape index (κ3) is 2.73. The monoisotopic (exact) mass is 266 g/mol. The molecule has 0 spiro atoms. The first-order chi connectivity index (χ1) is 9.83. The molecule has 3 aromatic rings. The Bertz CT molecular complexity index is 667. The Morgan fingerprint density at radius 2 is 1.95 bits per heavy atom. The van der Waals surface area contributed by atoms with Crippen LogP contribution < -0.4 is 5.73 Å². The van der Waals surface area contributed by atoms with E-state index in [2.05, 4.69) is 15.1 Å². The van der Waals surface area contributed by atoms with Gasteiger partial charge in [0.25, 0.3) is 0 Å². The highest BCUT2D eigenvalue weighted by Gasteiger charge is 2.13. The summed E-state index contributed by atoms with van der Waals surface area (Å²) in [5.74, 6) is 1.06. The van der Waals surface area contributed by atoms with E-state index < -0.39 is 0 Å². The van der Waals surface area contributed by atoms with Crippen molar-refractivity contribution in [2.24, 2.45) is 5.73 Å². The number of nitrogens with zero attached hydrogens (tertiary/aromatic N) is 3. The first-order valence-electron chi connectivity index (χ1n) is 6.36. The number of nitrogens with two attached hydrogens (primary N) is 1. The Balaban J connectivity index is 1.75. The molecule has 2 heterocycles. The molecule has 2 aromatic heterocycles. The molecule has 20 heavy (non-hydrogen) atoms. The van der Waals surface area contributed by atoms with Crippen LogP contribution in [0.15, 0.2) is 59.4 Å². The van der Waals surface area contributed by atoms with Gasteiger partial charge in [-0.3, -0.25) is 4.98 Å². The van der Waals surface area contributed by atoms with E-state index in [-0.39, 0.29) is 6.04 Å². The maximum absolute atomic E-state index is 6.13. The molecule has 100 valence electrons. The summed E-state index contributed by atoms with van der Waals surface area (Å²) in [6.45, 7) is 0. The van der Waals surface area contributed by atoms with E-state index in [0.717, 1.165) is 11.1 Å². The third-order valence-corrected chi connectivity index (χ3v) is 3.01. The van der Waals surface area contributed by atoms with Crippen LogP contribution in [0.25, 0.3) is 11.4 Å². The highest BCUT2D eigenvalue weighted by Crippen LogP contribution is 2.18. The van der Waals surface area contributed by atoms with Crippen LogP contribution in [0.5, 0.6) is 0 Å².